The third-order valence-electron chi connectivity index (χ3n) is 3.69. The van der Waals surface area contributed by atoms with Crippen LogP contribution in [0.1, 0.15) is 29.3 Å². The van der Waals surface area contributed by atoms with Crippen LogP contribution in [0.4, 0.5) is 10.5 Å². The predicted octanol–water partition coefficient (Wildman–Crippen LogP) is 2.34. The van der Waals surface area contributed by atoms with Gasteiger partial charge in [-0.2, -0.15) is 0 Å². The third kappa shape index (κ3) is 3.33. The van der Waals surface area contributed by atoms with E-state index in [4.69, 9.17) is 4.74 Å². The zero-order valence-electron chi connectivity index (χ0n) is 12.3. The van der Waals surface area contributed by atoms with Gasteiger partial charge in [0.05, 0.1) is 30.5 Å². The van der Waals surface area contributed by atoms with E-state index in [0.717, 1.165) is 6.42 Å². The average Bonchev–Trinajstić information content (AvgIpc) is 2.46. The molecule has 1 fully saturated rings. The lowest BCUT2D eigenvalue weighted by Crippen LogP contribution is -2.50. The van der Waals surface area contributed by atoms with E-state index in [9.17, 15) is 14.7 Å². The number of benzene rings is 1. The number of amides is 2. The number of hydrogen-bond acceptors (Lipinski definition) is 3. The standard InChI is InChI=1S/C15H20N2O4/c1-3-11-9-21-8-7-17(11)15(20)16-12-6-4-5-10(2)13(12)14(18)19/h4-6,11H,3,7-9H2,1-2H3,(H,16,20)(H,18,19). The summed E-state index contributed by atoms with van der Waals surface area (Å²) in [6.07, 6.45) is 0.799. The van der Waals surface area contributed by atoms with Crippen molar-refractivity contribution in [3.05, 3.63) is 29.3 Å². The van der Waals surface area contributed by atoms with Gasteiger partial charge in [0, 0.05) is 6.54 Å². The molecule has 1 saturated heterocycles. The van der Waals surface area contributed by atoms with Crippen LogP contribution in [0.25, 0.3) is 0 Å². The summed E-state index contributed by atoms with van der Waals surface area (Å²) in [4.78, 5) is 25.4. The molecule has 1 aromatic carbocycles. The maximum Gasteiger partial charge on any atom is 0.338 e. The molecule has 0 spiro atoms. The van der Waals surface area contributed by atoms with Gasteiger partial charge in [0.2, 0.25) is 0 Å². The molecule has 0 saturated carbocycles. The number of hydrogen-bond donors (Lipinski definition) is 2. The number of aryl methyl sites for hydroxylation is 1. The van der Waals surface area contributed by atoms with E-state index < -0.39 is 5.97 Å². The topological polar surface area (TPSA) is 78.9 Å². The Hall–Kier alpha value is -2.08. The maximum absolute atomic E-state index is 12.4. The summed E-state index contributed by atoms with van der Waals surface area (Å²) in [5.74, 6) is -1.04. The number of carbonyl (C=O) groups is 2. The fraction of sp³-hybridized carbons (Fsp3) is 0.467. The Labute approximate surface area is 123 Å². The highest BCUT2D eigenvalue weighted by Gasteiger charge is 2.27. The van der Waals surface area contributed by atoms with Crippen LogP contribution in [-0.2, 0) is 4.74 Å². The molecule has 1 aliphatic rings. The van der Waals surface area contributed by atoms with E-state index in [1.54, 1.807) is 30.0 Å². The second-order valence-corrected chi connectivity index (χ2v) is 5.06. The molecule has 1 aromatic rings. The SMILES string of the molecule is CCC1COCCN1C(=O)Nc1cccc(C)c1C(=O)O. The first-order valence-corrected chi connectivity index (χ1v) is 7.02. The van der Waals surface area contributed by atoms with Crippen molar-refractivity contribution in [2.75, 3.05) is 25.1 Å². The number of nitrogens with zero attached hydrogens (tertiary/aromatic N) is 1. The number of urea groups is 1. The molecule has 0 radical (unpaired) electrons. The van der Waals surface area contributed by atoms with Gasteiger partial charge in [0.25, 0.3) is 0 Å². The highest BCUT2D eigenvalue weighted by Crippen LogP contribution is 2.21. The summed E-state index contributed by atoms with van der Waals surface area (Å²) < 4.78 is 5.37. The van der Waals surface area contributed by atoms with E-state index in [-0.39, 0.29) is 17.6 Å². The molecule has 6 nitrogen and oxygen atoms in total. The molecule has 1 heterocycles. The number of carboxylic acids is 1. The molecule has 1 aliphatic heterocycles. The Morgan fingerprint density at radius 3 is 2.90 bits per heavy atom. The first-order chi connectivity index (χ1) is 10.0. The van der Waals surface area contributed by atoms with Gasteiger partial charge in [0.15, 0.2) is 0 Å². The number of ether oxygens (including phenoxy) is 1. The molecule has 0 aromatic heterocycles. The smallest absolute Gasteiger partial charge is 0.338 e. The van der Waals surface area contributed by atoms with Crippen LogP contribution < -0.4 is 5.32 Å². The Morgan fingerprint density at radius 2 is 2.24 bits per heavy atom. The Morgan fingerprint density at radius 1 is 1.48 bits per heavy atom. The minimum Gasteiger partial charge on any atom is -0.478 e. The lowest BCUT2D eigenvalue weighted by molar-refractivity contribution is 0.0144. The van der Waals surface area contributed by atoms with Crippen molar-refractivity contribution in [3.63, 3.8) is 0 Å². The molecule has 2 rings (SSSR count). The van der Waals surface area contributed by atoms with E-state index in [1.807, 2.05) is 6.92 Å². The fourth-order valence-corrected chi connectivity index (χ4v) is 2.50. The molecule has 2 amide bonds. The van der Waals surface area contributed by atoms with Gasteiger partial charge in [-0.25, -0.2) is 9.59 Å². The third-order valence-corrected chi connectivity index (χ3v) is 3.69. The quantitative estimate of drug-likeness (QED) is 0.896. The van der Waals surface area contributed by atoms with Gasteiger partial charge in [-0.05, 0) is 25.0 Å². The second-order valence-electron chi connectivity index (χ2n) is 5.06. The van der Waals surface area contributed by atoms with Gasteiger partial charge in [-0.15, -0.1) is 0 Å². The van der Waals surface area contributed by atoms with E-state index in [2.05, 4.69) is 5.32 Å². The summed E-state index contributed by atoms with van der Waals surface area (Å²) in [5.41, 5.74) is 1.08. The Balaban J connectivity index is 2.19. The molecule has 0 aliphatic carbocycles. The Kier molecular flexibility index (Phi) is 4.80. The summed E-state index contributed by atoms with van der Waals surface area (Å²) >= 11 is 0. The molecule has 1 atom stereocenters. The van der Waals surface area contributed by atoms with Crippen molar-refractivity contribution < 1.29 is 19.4 Å². The number of morpholine rings is 1. The molecule has 2 N–H and O–H groups in total. The van der Waals surface area contributed by atoms with Gasteiger partial charge >= 0.3 is 12.0 Å². The number of rotatable bonds is 3. The predicted molar refractivity (Wildman–Crippen MR) is 78.8 cm³/mol. The largest absolute Gasteiger partial charge is 0.478 e. The fourth-order valence-electron chi connectivity index (χ4n) is 2.50. The van der Waals surface area contributed by atoms with E-state index in [1.165, 1.54) is 0 Å². The van der Waals surface area contributed by atoms with E-state index in [0.29, 0.717) is 31.0 Å². The molecular weight excluding hydrogens is 272 g/mol. The molecule has 114 valence electrons. The number of aromatic carboxylic acids is 1. The molecular formula is C15H20N2O4. The second kappa shape index (κ2) is 6.58. The van der Waals surface area contributed by atoms with Crippen molar-refractivity contribution >= 4 is 17.7 Å². The molecule has 0 bridgehead atoms. The van der Waals surface area contributed by atoms with Crippen LogP contribution in [0.2, 0.25) is 0 Å². The van der Waals surface area contributed by atoms with Crippen LogP contribution >= 0.6 is 0 Å². The van der Waals surface area contributed by atoms with Crippen LogP contribution in [0.15, 0.2) is 18.2 Å². The highest BCUT2D eigenvalue weighted by atomic mass is 16.5. The Bertz CT molecular complexity index is 544. The van der Waals surface area contributed by atoms with Crippen molar-refractivity contribution in [3.8, 4) is 0 Å². The van der Waals surface area contributed by atoms with E-state index >= 15 is 0 Å². The van der Waals surface area contributed by atoms with Gasteiger partial charge in [-0.3, -0.25) is 0 Å². The number of carboxylic acid groups (broad SMARTS) is 1. The van der Waals surface area contributed by atoms with Gasteiger partial charge in [0.1, 0.15) is 0 Å². The molecule has 21 heavy (non-hydrogen) atoms. The molecule has 1 unspecified atom stereocenters. The normalized spacial score (nSPS) is 18.4. The summed E-state index contributed by atoms with van der Waals surface area (Å²) in [7, 11) is 0. The van der Waals surface area contributed by atoms with Crippen LogP contribution in [-0.4, -0.2) is 47.8 Å². The average molecular weight is 292 g/mol. The lowest BCUT2D eigenvalue weighted by atomic mass is 10.1. The minimum atomic E-state index is -1.04. The minimum absolute atomic E-state index is 0.0248. The van der Waals surface area contributed by atoms with Gasteiger partial charge < -0.3 is 20.1 Å². The van der Waals surface area contributed by atoms with Crippen molar-refractivity contribution in [1.82, 2.24) is 4.90 Å². The summed E-state index contributed by atoms with van der Waals surface area (Å²) in [6.45, 7) is 5.24. The zero-order valence-corrected chi connectivity index (χ0v) is 12.3. The van der Waals surface area contributed by atoms with Crippen molar-refractivity contribution in [1.29, 1.82) is 0 Å². The van der Waals surface area contributed by atoms with Crippen LogP contribution in [0.5, 0.6) is 0 Å². The number of carbonyl (C=O) groups excluding carboxylic acids is 1. The number of anilines is 1. The van der Waals surface area contributed by atoms with Crippen molar-refractivity contribution in [2.24, 2.45) is 0 Å². The monoisotopic (exact) mass is 292 g/mol. The number of nitrogens with one attached hydrogen (secondary N) is 1. The first kappa shape index (κ1) is 15.3. The molecule has 6 heteroatoms. The summed E-state index contributed by atoms with van der Waals surface area (Å²) in [6, 6.07) is 4.79. The maximum atomic E-state index is 12.4. The highest BCUT2D eigenvalue weighted by molar-refractivity contribution is 6.01. The first-order valence-electron chi connectivity index (χ1n) is 7.02. The van der Waals surface area contributed by atoms with Crippen LogP contribution in [0.3, 0.4) is 0 Å². The van der Waals surface area contributed by atoms with Crippen LogP contribution in [0, 0.1) is 6.92 Å². The zero-order chi connectivity index (χ0) is 15.4. The van der Waals surface area contributed by atoms with Crippen molar-refractivity contribution in [2.45, 2.75) is 26.3 Å². The van der Waals surface area contributed by atoms with Gasteiger partial charge in [-0.1, -0.05) is 19.1 Å². The lowest BCUT2D eigenvalue weighted by Gasteiger charge is -2.35. The summed E-state index contributed by atoms with van der Waals surface area (Å²) in [5, 5.41) is 12.0.